The number of rotatable bonds is 6. The second-order valence-corrected chi connectivity index (χ2v) is 6.17. The zero-order valence-electron chi connectivity index (χ0n) is 14.9. The number of ether oxygens (including phenoxy) is 1. The van der Waals surface area contributed by atoms with E-state index in [-0.39, 0.29) is 11.8 Å². The van der Waals surface area contributed by atoms with Gasteiger partial charge in [-0.15, -0.1) is 0 Å². The molecule has 1 unspecified atom stereocenters. The molecule has 10 heteroatoms. The van der Waals surface area contributed by atoms with Gasteiger partial charge < -0.3 is 14.2 Å². The van der Waals surface area contributed by atoms with Crippen molar-refractivity contribution in [2.75, 3.05) is 38.2 Å². The van der Waals surface area contributed by atoms with E-state index in [9.17, 15) is 10.1 Å². The highest BCUT2D eigenvalue weighted by molar-refractivity contribution is 5.43. The fraction of sp³-hybridized carbons (Fsp3) is 0.562. The van der Waals surface area contributed by atoms with Crippen LogP contribution in [-0.2, 0) is 11.3 Å². The first-order chi connectivity index (χ1) is 12.6. The molecule has 1 aliphatic rings. The molecular formula is C16H22N6O4. The molecule has 0 spiro atoms. The van der Waals surface area contributed by atoms with Crippen LogP contribution < -0.4 is 4.90 Å². The second kappa shape index (κ2) is 8.19. The van der Waals surface area contributed by atoms with Crippen molar-refractivity contribution >= 4 is 11.5 Å². The average molecular weight is 362 g/mol. The van der Waals surface area contributed by atoms with Crippen molar-refractivity contribution in [2.45, 2.75) is 26.0 Å². The van der Waals surface area contributed by atoms with Crippen LogP contribution in [0.3, 0.4) is 0 Å². The quantitative estimate of drug-likeness (QED) is 0.561. The number of hydrogen-bond acceptors (Lipinski definition) is 9. The fourth-order valence-corrected chi connectivity index (χ4v) is 2.83. The van der Waals surface area contributed by atoms with Crippen molar-refractivity contribution in [3.05, 3.63) is 40.2 Å². The molecule has 3 heterocycles. The summed E-state index contributed by atoms with van der Waals surface area (Å²) in [6.07, 6.45) is 2.06. The van der Waals surface area contributed by atoms with E-state index in [1.54, 1.807) is 13.2 Å². The van der Waals surface area contributed by atoms with Gasteiger partial charge in [-0.2, -0.15) is 4.98 Å². The average Bonchev–Trinajstić information content (AvgIpc) is 2.99. The molecule has 0 saturated carbocycles. The summed E-state index contributed by atoms with van der Waals surface area (Å²) in [5, 5.41) is 14.7. The molecule has 140 valence electrons. The number of pyridine rings is 1. The van der Waals surface area contributed by atoms with Gasteiger partial charge in [0, 0.05) is 39.4 Å². The second-order valence-electron chi connectivity index (χ2n) is 6.17. The predicted octanol–water partition coefficient (Wildman–Crippen LogP) is 1.79. The van der Waals surface area contributed by atoms with Gasteiger partial charge in [-0.3, -0.25) is 15.0 Å². The van der Waals surface area contributed by atoms with Crippen LogP contribution in [0.25, 0.3) is 0 Å². The molecule has 2 aromatic heterocycles. The molecule has 1 fully saturated rings. The molecule has 0 radical (unpaired) electrons. The highest BCUT2D eigenvalue weighted by atomic mass is 16.6. The van der Waals surface area contributed by atoms with Crippen molar-refractivity contribution < 1.29 is 14.2 Å². The lowest BCUT2D eigenvalue weighted by Crippen LogP contribution is -2.31. The molecule has 10 nitrogen and oxygen atoms in total. The van der Waals surface area contributed by atoms with Gasteiger partial charge in [0.25, 0.3) is 5.69 Å². The molecule has 26 heavy (non-hydrogen) atoms. The Labute approximate surface area is 150 Å². The molecule has 0 bridgehead atoms. The van der Waals surface area contributed by atoms with Gasteiger partial charge in [-0.1, -0.05) is 5.16 Å². The number of anilines is 1. The molecular weight excluding hydrogens is 340 g/mol. The monoisotopic (exact) mass is 362 g/mol. The standard InChI is InChI=1S/C16H22N6O4/c1-12(25-2)16-18-15(26-19-16)11-20-6-3-7-21(9-8-20)14-5-4-13(10-17-14)22(23)24/h4-5,10,12H,3,6-9,11H2,1-2H3. The molecule has 1 aliphatic heterocycles. The maximum absolute atomic E-state index is 10.7. The molecule has 3 rings (SSSR count). The van der Waals surface area contributed by atoms with Gasteiger partial charge in [-0.05, 0) is 19.4 Å². The number of nitro groups is 1. The Morgan fingerprint density at radius 3 is 2.88 bits per heavy atom. The molecule has 0 aliphatic carbocycles. The van der Waals surface area contributed by atoms with Gasteiger partial charge in [-0.25, -0.2) is 4.98 Å². The minimum absolute atomic E-state index is 0.00248. The van der Waals surface area contributed by atoms with E-state index in [2.05, 4.69) is 24.9 Å². The Morgan fingerprint density at radius 2 is 2.19 bits per heavy atom. The van der Waals surface area contributed by atoms with Crippen LogP contribution in [0.4, 0.5) is 11.5 Å². The third-order valence-corrected chi connectivity index (χ3v) is 4.42. The van der Waals surface area contributed by atoms with Crippen LogP contribution in [0.5, 0.6) is 0 Å². The van der Waals surface area contributed by atoms with Crippen molar-refractivity contribution in [3.8, 4) is 0 Å². The summed E-state index contributed by atoms with van der Waals surface area (Å²) >= 11 is 0. The summed E-state index contributed by atoms with van der Waals surface area (Å²) in [7, 11) is 1.61. The maximum atomic E-state index is 10.7. The summed E-state index contributed by atoms with van der Waals surface area (Å²) in [6, 6.07) is 3.19. The van der Waals surface area contributed by atoms with Crippen molar-refractivity contribution in [3.63, 3.8) is 0 Å². The van der Waals surface area contributed by atoms with E-state index in [4.69, 9.17) is 9.26 Å². The fourth-order valence-electron chi connectivity index (χ4n) is 2.83. The van der Waals surface area contributed by atoms with Crippen LogP contribution in [0, 0.1) is 10.1 Å². The SMILES string of the molecule is COC(C)c1noc(CN2CCCN(c3ccc([N+](=O)[O-])cn3)CC2)n1. The van der Waals surface area contributed by atoms with Gasteiger partial charge in [0.1, 0.15) is 18.1 Å². The molecule has 1 saturated heterocycles. The summed E-state index contributed by atoms with van der Waals surface area (Å²) in [6.45, 7) is 5.80. The van der Waals surface area contributed by atoms with Gasteiger partial charge in [0.05, 0.1) is 11.5 Å². The topological polar surface area (TPSA) is 111 Å². The first kappa shape index (κ1) is 18.2. The number of aromatic nitrogens is 3. The number of methoxy groups -OCH3 is 1. The summed E-state index contributed by atoms with van der Waals surface area (Å²) in [5.41, 5.74) is 0.00248. The van der Waals surface area contributed by atoms with Gasteiger partial charge >= 0.3 is 0 Å². The molecule has 1 atom stereocenters. The Hall–Kier alpha value is -2.59. The van der Waals surface area contributed by atoms with Gasteiger partial charge in [0.2, 0.25) is 5.89 Å². The largest absolute Gasteiger partial charge is 0.374 e. The molecule has 0 amide bonds. The molecule has 0 N–H and O–H groups in total. The molecule has 2 aromatic rings. The highest BCUT2D eigenvalue weighted by Gasteiger charge is 2.20. The Morgan fingerprint density at radius 1 is 1.35 bits per heavy atom. The van der Waals surface area contributed by atoms with E-state index in [0.717, 1.165) is 38.4 Å². The third-order valence-electron chi connectivity index (χ3n) is 4.42. The van der Waals surface area contributed by atoms with Crippen LogP contribution in [-0.4, -0.2) is 58.2 Å². The van der Waals surface area contributed by atoms with Crippen LogP contribution >= 0.6 is 0 Å². The van der Waals surface area contributed by atoms with Crippen molar-refractivity contribution in [1.82, 2.24) is 20.0 Å². The highest BCUT2D eigenvalue weighted by Crippen LogP contribution is 2.18. The minimum atomic E-state index is -0.440. The first-order valence-corrected chi connectivity index (χ1v) is 8.50. The Kier molecular flexibility index (Phi) is 5.74. The zero-order chi connectivity index (χ0) is 18.5. The predicted molar refractivity (Wildman–Crippen MR) is 92.7 cm³/mol. The van der Waals surface area contributed by atoms with E-state index in [1.807, 2.05) is 6.92 Å². The Bertz CT molecular complexity index is 735. The lowest BCUT2D eigenvalue weighted by Gasteiger charge is -2.21. The first-order valence-electron chi connectivity index (χ1n) is 8.50. The maximum Gasteiger partial charge on any atom is 0.287 e. The zero-order valence-corrected chi connectivity index (χ0v) is 14.9. The normalized spacial score (nSPS) is 17.1. The lowest BCUT2D eigenvalue weighted by atomic mass is 10.3. The summed E-state index contributed by atoms with van der Waals surface area (Å²) in [5.74, 6) is 1.88. The van der Waals surface area contributed by atoms with Crippen molar-refractivity contribution in [2.24, 2.45) is 0 Å². The van der Waals surface area contributed by atoms with E-state index < -0.39 is 4.92 Å². The van der Waals surface area contributed by atoms with Gasteiger partial charge in [0.15, 0.2) is 5.82 Å². The number of nitrogens with zero attached hydrogens (tertiary/aromatic N) is 6. The summed E-state index contributed by atoms with van der Waals surface area (Å²) in [4.78, 5) is 23.3. The number of hydrogen-bond donors (Lipinski definition) is 0. The lowest BCUT2D eigenvalue weighted by molar-refractivity contribution is -0.385. The smallest absolute Gasteiger partial charge is 0.287 e. The third kappa shape index (κ3) is 4.33. The van der Waals surface area contributed by atoms with Crippen LogP contribution in [0.2, 0.25) is 0 Å². The Balaban J connectivity index is 1.57. The van der Waals surface area contributed by atoms with E-state index >= 15 is 0 Å². The van der Waals surface area contributed by atoms with E-state index in [1.165, 1.54) is 12.3 Å². The minimum Gasteiger partial charge on any atom is -0.374 e. The van der Waals surface area contributed by atoms with Crippen LogP contribution in [0.15, 0.2) is 22.9 Å². The van der Waals surface area contributed by atoms with E-state index in [0.29, 0.717) is 18.3 Å². The van der Waals surface area contributed by atoms with Crippen LogP contribution in [0.1, 0.15) is 31.2 Å². The molecule has 0 aromatic carbocycles. The summed E-state index contributed by atoms with van der Waals surface area (Å²) < 4.78 is 10.5. The van der Waals surface area contributed by atoms with Crippen molar-refractivity contribution in [1.29, 1.82) is 0 Å².